The summed E-state index contributed by atoms with van der Waals surface area (Å²) < 4.78 is 5.67. The maximum atomic E-state index is 11.6. The normalized spacial score (nSPS) is 14.8. The van der Waals surface area contributed by atoms with E-state index in [2.05, 4.69) is 20.9 Å². The molecule has 1 atom stereocenters. The summed E-state index contributed by atoms with van der Waals surface area (Å²) in [5.41, 5.74) is 0.768. The third-order valence-corrected chi connectivity index (χ3v) is 4.05. The van der Waals surface area contributed by atoms with Crippen LogP contribution in [-0.4, -0.2) is 49.3 Å². The lowest BCUT2D eigenvalue weighted by Gasteiger charge is -2.15. The molecule has 0 saturated heterocycles. The number of amides is 1. The van der Waals surface area contributed by atoms with Gasteiger partial charge in [0.05, 0.1) is 18.8 Å². The van der Waals surface area contributed by atoms with Crippen LogP contribution < -0.4 is 20.7 Å². The number of aliphatic imine (C=N–C) groups is 1. The highest BCUT2D eigenvalue weighted by atomic mass is 127. The average molecular weight is 504 g/mol. The van der Waals surface area contributed by atoms with Gasteiger partial charge in [-0.2, -0.15) is 0 Å². The smallest absolute Gasteiger partial charge is 0.223 e. The molecule has 4 N–H and O–H groups in total. The van der Waals surface area contributed by atoms with Gasteiger partial charge >= 0.3 is 0 Å². The van der Waals surface area contributed by atoms with Gasteiger partial charge in [-0.15, -0.1) is 24.0 Å². The molecule has 1 aromatic rings. The first-order valence-corrected chi connectivity index (χ1v) is 9.74. The molecule has 0 spiro atoms. The second-order valence-corrected chi connectivity index (χ2v) is 6.97. The number of guanidine groups is 1. The Kier molecular flexibility index (Phi) is 11.2. The Bertz CT molecular complexity index is 636. The van der Waals surface area contributed by atoms with E-state index < -0.39 is 6.10 Å². The minimum atomic E-state index is -0.717. The van der Waals surface area contributed by atoms with Crippen LogP contribution in [0.25, 0.3) is 0 Å². The van der Waals surface area contributed by atoms with Crippen LogP contribution in [0.5, 0.6) is 5.75 Å². The van der Waals surface area contributed by atoms with Crippen molar-refractivity contribution in [1.82, 2.24) is 16.0 Å². The molecule has 1 fully saturated rings. The molecule has 0 aliphatic heterocycles. The Balaban J connectivity index is 0.00000392. The van der Waals surface area contributed by atoms with Gasteiger partial charge in [-0.25, -0.2) is 0 Å². The molecule has 8 heteroatoms. The molecular weight excluding hydrogens is 471 g/mol. The highest BCUT2D eigenvalue weighted by molar-refractivity contribution is 14.0. The van der Waals surface area contributed by atoms with Crippen molar-refractivity contribution in [3.05, 3.63) is 29.8 Å². The van der Waals surface area contributed by atoms with E-state index in [1.165, 1.54) is 0 Å². The number of benzene rings is 1. The fourth-order valence-corrected chi connectivity index (χ4v) is 2.55. The standard InChI is InChI=1S/C20H32N4O3.HI/c1-4-21-20(23-11-10-22-19(26)15-8-9-15)24-13-18(25)16-6-5-7-17(12-16)27-14(2)3;/h5-7,12,14-15,18,25H,4,8-11,13H2,1-3H3,(H,22,26)(H2,21,23,24);1H. The number of nitrogens with one attached hydrogen (secondary N) is 3. The summed E-state index contributed by atoms with van der Waals surface area (Å²) in [7, 11) is 0. The van der Waals surface area contributed by atoms with Crippen molar-refractivity contribution in [2.75, 3.05) is 26.2 Å². The number of ether oxygens (including phenoxy) is 1. The number of hydrogen-bond acceptors (Lipinski definition) is 4. The zero-order valence-corrected chi connectivity index (χ0v) is 19.2. The molecule has 0 aromatic heterocycles. The van der Waals surface area contributed by atoms with Gasteiger partial charge in [-0.05, 0) is 51.3 Å². The van der Waals surface area contributed by atoms with Crippen molar-refractivity contribution in [3.8, 4) is 5.75 Å². The summed E-state index contributed by atoms with van der Waals surface area (Å²) in [6, 6.07) is 7.45. The minimum absolute atomic E-state index is 0. The summed E-state index contributed by atoms with van der Waals surface area (Å²) in [6.45, 7) is 8.00. The number of carbonyl (C=O) groups is 1. The number of rotatable bonds is 10. The second kappa shape index (κ2) is 12.8. The Hall–Kier alpha value is -1.55. The maximum absolute atomic E-state index is 11.6. The van der Waals surface area contributed by atoms with E-state index in [1.54, 1.807) is 0 Å². The molecule has 1 aliphatic rings. The van der Waals surface area contributed by atoms with Gasteiger partial charge in [-0.3, -0.25) is 9.79 Å². The van der Waals surface area contributed by atoms with Crippen LogP contribution in [0.4, 0.5) is 0 Å². The van der Waals surface area contributed by atoms with Gasteiger partial charge in [0.25, 0.3) is 0 Å². The third kappa shape index (κ3) is 9.09. The van der Waals surface area contributed by atoms with E-state index in [1.807, 2.05) is 45.0 Å². The number of halogens is 1. The zero-order chi connectivity index (χ0) is 19.6. The van der Waals surface area contributed by atoms with Crippen LogP contribution in [0.15, 0.2) is 29.3 Å². The number of nitrogens with zero attached hydrogens (tertiary/aromatic N) is 1. The quantitative estimate of drug-likeness (QED) is 0.170. The fourth-order valence-electron chi connectivity index (χ4n) is 2.55. The van der Waals surface area contributed by atoms with Crippen LogP contribution in [-0.2, 0) is 4.79 Å². The Morgan fingerprint density at radius 2 is 1.96 bits per heavy atom. The van der Waals surface area contributed by atoms with Crippen molar-refractivity contribution in [3.63, 3.8) is 0 Å². The van der Waals surface area contributed by atoms with E-state index in [4.69, 9.17) is 4.74 Å². The highest BCUT2D eigenvalue weighted by Crippen LogP contribution is 2.28. The Morgan fingerprint density at radius 1 is 1.25 bits per heavy atom. The van der Waals surface area contributed by atoms with Crippen LogP contribution in [0, 0.1) is 5.92 Å². The molecule has 28 heavy (non-hydrogen) atoms. The van der Waals surface area contributed by atoms with Crippen LogP contribution in [0.2, 0.25) is 0 Å². The first kappa shape index (κ1) is 24.5. The minimum Gasteiger partial charge on any atom is -0.491 e. The zero-order valence-electron chi connectivity index (χ0n) is 16.9. The van der Waals surface area contributed by atoms with Gasteiger partial charge in [-0.1, -0.05) is 12.1 Å². The predicted molar refractivity (Wildman–Crippen MR) is 122 cm³/mol. The first-order chi connectivity index (χ1) is 13.0. The largest absolute Gasteiger partial charge is 0.491 e. The summed E-state index contributed by atoms with van der Waals surface area (Å²) in [5, 5.41) is 19.6. The van der Waals surface area contributed by atoms with Crippen LogP contribution >= 0.6 is 24.0 Å². The predicted octanol–water partition coefficient (Wildman–Crippen LogP) is 2.21. The third-order valence-electron chi connectivity index (χ3n) is 4.05. The lowest BCUT2D eigenvalue weighted by molar-refractivity contribution is -0.122. The Morgan fingerprint density at radius 3 is 2.61 bits per heavy atom. The summed E-state index contributed by atoms with van der Waals surface area (Å²) in [5.74, 6) is 1.71. The van der Waals surface area contributed by atoms with E-state index in [-0.39, 0.29) is 48.5 Å². The SMILES string of the molecule is CCNC(=NCC(O)c1cccc(OC(C)C)c1)NCCNC(=O)C1CC1.I. The molecular formula is C20H33IN4O3. The molecule has 2 rings (SSSR count). The van der Waals surface area contributed by atoms with Crippen molar-refractivity contribution in [2.24, 2.45) is 10.9 Å². The Labute approximate surface area is 184 Å². The highest BCUT2D eigenvalue weighted by Gasteiger charge is 2.28. The van der Waals surface area contributed by atoms with E-state index in [0.717, 1.165) is 24.2 Å². The molecule has 1 saturated carbocycles. The topological polar surface area (TPSA) is 95.0 Å². The van der Waals surface area contributed by atoms with Crippen molar-refractivity contribution in [1.29, 1.82) is 0 Å². The van der Waals surface area contributed by atoms with E-state index >= 15 is 0 Å². The monoisotopic (exact) mass is 504 g/mol. The number of hydrogen-bond donors (Lipinski definition) is 4. The summed E-state index contributed by atoms with van der Waals surface area (Å²) >= 11 is 0. The molecule has 0 heterocycles. The summed E-state index contributed by atoms with van der Waals surface area (Å²) in [4.78, 5) is 16.0. The average Bonchev–Trinajstić information content (AvgIpc) is 3.47. The van der Waals surface area contributed by atoms with Crippen molar-refractivity contribution >= 4 is 35.8 Å². The molecule has 1 unspecified atom stereocenters. The van der Waals surface area contributed by atoms with Gasteiger partial charge in [0.1, 0.15) is 5.75 Å². The van der Waals surface area contributed by atoms with E-state index in [0.29, 0.717) is 25.6 Å². The molecule has 1 amide bonds. The number of aliphatic hydroxyl groups is 1. The lowest BCUT2D eigenvalue weighted by Crippen LogP contribution is -2.42. The van der Waals surface area contributed by atoms with E-state index in [9.17, 15) is 9.90 Å². The molecule has 158 valence electrons. The van der Waals surface area contributed by atoms with Crippen LogP contribution in [0.1, 0.15) is 45.3 Å². The maximum Gasteiger partial charge on any atom is 0.223 e. The fraction of sp³-hybridized carbons (Fsp3) is 0.600. The van der Waals surface area contributed by atoms with Gasteiger partial charge < -0.3 is 25.8 Å². The molecule has 1 aromatic carbocycles. The van der Waals surface area contributed by atoms with Crippen molar-refractivity contribution in [2.45, 2.75) is 45.8 Å². The first-order valence-electron chi connectivity index (χ1n) is 9.74. The molecule has 0 bridgehead atoms. The molecule has 0 radical (unpaired) electrons. The summed E-state index contributed by atoms with van der Waals surface area (Å²) in [6.07, 6.45) is 1.38. The molecule has 1 aliphatic carbocycles. The number of carbonyl (C=O) groups excluding carboxylic acids is 1. The van der Waals surface area contributed by atoms with Crippen LogP contribution in [0.3, 0.4) is 0 Å². The second-order valence-electron chi connectivity index (χ2n) is 6.97. The van der Waals surface area contributed by atoms with Gasteiger partial charge in [0.2, 0.25) is 5.91 Å². The lowest BCUT2D eigenvalue weighted by atomic mass is 10.1. The van der Waals surface area contributed by atoms with Gasteiger partial charge in [0.15, 0.2) is 5.96 Å². The molecule has 7 nitrogen and oxygen atoms in total. The number of aliphatic hydroxyl groups excluding tert-OH is 1. The van der Waals surface area contributed by atoms with Gasteiger partial charge in [0, 0.05) is 25.6 Å². The van der Waals surface area contributed by atoms with Crippen molar-refractivity contribution < 1.29 is 14.6 Å².